The van der Waals surface area contributed by atoms with Crippen molar-refractivity contribution in [3.8, 4) is 34.0 Å². The summed E-state index contributed by atoms with van der Waals surface area (Å²) in [6.45, 7) is 5.55. The summed E-state index contributed by atoms with van der Waals surface area (Å²) in [5.41, 5.74) is 7.36. The highest BCUT2D eigenvalue weighted by atomic mass is 15.0. The predicted octanol–water partition coefficient (Wildman–Crippen LogP) is 5.25. The van der Waals surface area contributed by atoms with Crippen LogP contribution in [0, 0.1) is 0 Å². The molecule has 0 saturated carbocycles. The molecule has 2 saturated heterocycles. The molecule has 6 aliphatic heterocycles. The van der Waals surface area contributed by atoms with E-state index in [1.807, 2.05) is 24.7 Å². The van der Waals surface area contributed by atoms with Crippen molar-refractivity contribution in [3.63, 3.8) is 0 Å². The van der Waals surface area contributed by atoms with E-state index in [1.165, 1.54) is 5.56 Å². The summed E-state index contributed by atoms with van der Waals surface area (Å²) in [7, 11) is 0. The van der Waals surface area contributed by atoms with Gasteiger partial charge in [0.15, 0.2) is 0 Å². The van der Waals surface area contributed by atoms with Crippen LogP contribution in [0.15, 0.2) is 55.0 Å². The molecule has 8 heteroatoms. The predicted molar refractivity (Wildman–Crippen MR) is 148 cm³/mol. The lowest BCUT2D eigenvalue weighted by Crippen LogP contribution is -2.38. The maximum absolute atomic E-state index is 4.87. The first-order valence-electron chi connectivity index (χ1n) is 13.8. The van der Waals surface area contributed by atoms with E-state index in [2.05, 4.69) is 69.8 Å². The number of aromatic amines is 2. The van der Waals surface area contributed by atoms with Crippen molar-refractivity contribution < 1.29 is 0 Å². The van der Waals surface area contributed by atoms with E-state index >= 15 is 0 Å². The molecule has 194 valence electrons. The molecule has 2 fully saturated rings. The Morgan fingerprint density at radius 2 is 1.50 bits per heavy atom. The van der Waals surface area contributed by atoms with Crippen LogP contribution in [0.5, 0.6) is 0 Å². The number of nitrogens with zero attached hydrogens (tertiary/aromatic N) is 4. The maximum atomic E-state index is 4.87. The van der Waals surface area contributed by atoms with Crippen LogP contribution in [0.3, 0.4) is 0 Å². The van der Waals surface area contributed by atoms with Gasteiger partial charge in [0.2, 0.25) is 0 Å². The molecule has 4 N–H and O–H groups in total. The number of hydrogen-bond donors (Lipinski definition) is 4. The van der Waals surface area contributed by atoms with Crippen molar-refractivity contribution in [2.75, 3.05) is 6.54 Å². The molecule has 8 nitrogen and oxygen atoms in total. The van der Waals surface area contributed by atoms with Gasteiger partial charge in [-0.2, -0.15) is 0 Å². The Morgan fingerprint density at radius 3 is 2.34 bits per heavy atom. The lowest BCUT2D eigenvalue weighted by molar-refractivity contribution is 0.299. The Hall–Kier alpha value is -3.62. The van der Waals surface area contributed by atoms with Crippen molar-refractivity contribution in [2.45, 2.75) is 69.5 Å². The van der Waals surface area contributed by atoms with Crippen LogP contribution in [0.25, 0.3) is 34.0 Å². The van der Waals surface area contributed by atoms with Crippen LogP contribution in [0.2, 0.25) is 0 Å². The molecule has 1 aromatic rings. The van der Waals surface area contributed by atoms with Gasteiger partial charge in [0.05, 0.1) is 29.5 Å². The first kappa shape index (κ1) is 23.5. The summed E-state index contributed by atoms with van der Waals surface area (Å²) in [4.78, 5) is 25.8. The molecular formula is C30H34N8. The number of hydrogen-bond acceptors (Lipinski definition) is 6. The van der Waals surface area contributed by atoms with Crippen molar-refractivity contribution in [1.29, 1.82) is 0 Å². The SMILES string of the molecule is CC1CC(c2ncc3nc(-c4ccc(C5CC(c6ncc7nccc-7[nH]6)CC(C)N5)cc4)cc-3[nH]2)CCN1. The molecule has 0 spiro atoms. The fourth-order valence-electron chi connectivity index (χ4n) is 6.36. The van der Waals surface area contributed by atoms with Crippen LogP contribution in [-0.4, -0.2) is 48.5 Å². The van der Waals surface area contributed by atoms with Gasteiger partial charge < -0.3 is 20.6 Å². The molecule has 0 radical (unpaired) electrons. The van der Waals surface area contributed by atoms with Crippen LogP contribution >= 0.6 is 0 Å². The average Bonchev–Trinajstić information content (AvgIpc) is 3.59. The van der Waals surface area contributed by atoms with Crippen molar-refractivity contribution >= 4 is 0 Å². The summed E-state index contributed by atoms with van der Waals surface area (Å²) in [5.74, 6) is 2.97. The lowest BCUT2D eigenvalue weighted by atomic mass is 9.84. The van der Waals surface area contributed by atoms with E-state index < -0.39 is 0 Å². The van der Waals surface area contributed by atoms with Crippen LogP contribution in [-0.2, 0) is 0 Å². The highest BCUT2D eigenvalue weighted by Gasteiger charge is 2.30. The quantitative estimate of drug-likeness (QED) is 0.265. The molecule has 7 rings (SSSR count). The van der Waals surface area contributed by atoms with Crippen LogP contribution < -0.4 is 10.6 Å². The molecule has 0 aromatic heterocycles. The molecule has 0 amide bonds. The van der Waals surface area contributed by atoms with E-state index in [1.54, 1.807) is 0 Å². The van der Waals surface area contributed by atoms with Gasteiger partial charge in [-0.05, 0) is 63.8 Å². The molecule has 5 unspecified atom stereocenters. The van der Waals surface area contributed by atoms with Gasteiger partial charge in [-0.1, -0.05) is 24.3 Å². The lowest BCUT2D eigenvalue weighted by Gasteiger charge is -2.34. The minimum atomic E-state index is 0.278. The molecular weight excluding hydrogens is 472 g/mol. The normalized spacial score (nSPS) is 26.2. The molecule has 38 heavy (non-hydrogen) atoms. The topological polar surface area (TPSA) is 107 Å². The number of nitrogens with one attached hydrogen (secondary N) is 4. The van der Waals surface area contributed by atoms with E-state index in [0.717, 1.165) is 77.9 Å². The summed E-state index contributed by atoms with van der Waals surface area (Å²) >= 11 is 0. The summed E-state index contributed by atoms with van der Waals surface area (Å²) in [6, 6.07) is 14.3. The smallest absolute Gasteiger partial charge is 0.109 e. The molecule has 1 aromatic carbocycles. The van der Waals surface area contributed by atoms with Gasteiger partial charge in [0.1, 0.15) is 23.0 Å². The van der Waals surface area contributed by atoms with Crippen molar-refractivity contribution in [2.24, 2.45) is 0 Å². The second-order valence-electron chi connectivity index (χ2n) is 11.2. The molecule has 6 heterocycles. The number of piperidine rings is 2. The standard InChI is InChI=1S/C30H34N8/c1-17-11-21(7-9-31-17)29-34-16-28-26(38-29)14-25(36-28)20-5-3-19(4-6-20)24-13-22(12-18(2)35-24)30-33-15-27-23(37-30)8-10-32-27/h3-6,8,10,14-18,21-22,24,31,35H,7,9,11-13H2,1-2H3,(H,33,37)(H,34,38). The van der Waals surface area contributed by atoms with Gasteiger partial charge in [-0.15, -0.1) is 0 Å². The third kappa shape index (κ3) is 4.48. The first-order valence-corrected chi connectivity index (χ1v) is 13.8. The van der Waals surface area contributed by atoms with E-state index in [0.29, 0.717) is 23.9 Å². The zero-order valence-electron chi connectivity index (χ0n) is 21.9. The van der Waals surface area contributed by atoms with Gasteiger partial charge in [0.25, 0.3) is 0 Å². The first-order chi connectivity index (χ1) is 18.6. The second kappa shape index (κ2) is 9.60. The van der Waals surface area contributed by atoms with Gasteiger partial charge in [0, 0.05) is 41.7 Å². The van der Waals surface area contributed by atoms with Crippen LogP contribution in [0.4, 0.5) is 0 Å². The van der Waals surface area contributed by atoms with Gasteiger partial charge >= 0.3 is 0 Å². The Bertz CT molecular complexity index is 1470. The fourth-order valence-corrected chi connectivity index (χ4v) is 6.36. The van der Waals surface area contributed by atoms with Gasteiger partial charge in [-0.3, -0.25) is 4.98 Å². The Balaban J connectivity index is 1.10. The number of rotatable bonds is 4. The summed E-state index contributed by atoms with van der Waals surface area (Å²) in [6.07, 6.45) is 9.93. The number of fused-ring (bicyclic) bond motifs is 2. The number of aromatic nitrogens is 6. The summed E-state index contributed by atoms with van der Waals surface area (Å²) in [5, 5.41) is 7.32. The van der Waals surface area contributed by atoms with Gasteiger partial charge in [-0.25, -0.2) is 15.0 Å². The fraction of sp³-hybridized carbons (Fsp3) is 0.400. The minimum Gasteiger partial charge on any atom is -0.342 e. The van der Waals surface area contributed by atoms with E-state index in [9.17, 15) is 0 Å². The third-order valence-corrected chi connectivity index (χ3v) is 8.36. The van der Waals surface area contributed by atoms with Crippen LogP contribution in [0.1, 0.15) is 74.6 Å². The van der Waals surface area contributed by atoms with E-state index in [4.69, 9.17) is 15.0 Å². The summed E-state index contributed by atoms with van der Waals surface area (Å²) < 4.78 is 0. The van der Waals surface area contributed by atoms with E-state index in [-0.39, 0.29) is 6.04 Å². The van der Waals surface area contributed by atoms with Crippen molar-refractivity contribution in [3.05, 3.63) is 72.2 Å². The maximum Gasteiger partial charge on any atom is 0.109 e. The monoisotopic (exact) mass is 506 g/mol. The Labute approximate surface area is 222 Å². The highest BCUT2D eigenvalue weighted by molar-refractivity contribution is 5.70. The Morgan fingerprint density at radius 1 is 0.737 bits per heavy atom. The largest absolute Gasteiger partial charge is 0.342 e. The zero-order valence-corrected chi connectivity index (χ0v) is 21.9. The zero-order chi connectivity index (χ0) is 25.6. The minimum absolute atomic E-state index is 0.278. The average molecular weight is 507 g/mol. The third-order valence-electron chi connectivity index (χ3n) is 8.36. The molecule has 0 aliphatic carbocycles. The Kier molecular flexibility index (Phi) is 5.93. The van der Waals surface area contributed by atoms with Crippen molar-refractivity contribution in [1.82, 2.24) is 40.5 Å². The number of benzene rings is 1. The molecule has 6 aliphatic rings. The number of H-pyrrole nitrogens is 2. The second-order valence-corrected chi connectivity index (χ2v) is 11.2. The highest BCUT2D eigenvalue weighted by Crippen LogP contribution is 2.37. The molecule has 0 bridgehead atoms. The molecule has 5 atom stereocenters.